The molecular weight excluding hydrogens is 214 g/mol. The first-order valence-corrected chi connectivity index (χ1v) is 5.51. The van der Waals surface area contributed by atoms with E-state index in [9.17, 15) is 0 Å². The zero-order valence-corrected chi connectivity index (χ0v) is 10.3. The number of nitrogens with zero attached hydrogens (tertiary/aromatic N) is 2. The molecular formula is C12H17N5. The Labute approximate surface area is 100 Å². The van der Waals surface area contributed by atoms with Gasteiger partial charge in [0.15, 0.2) is 0 Å². The highest BCUT2D eigenvalue weighted by atomic mass is 15.3. The zero-order valence-electron chi connectivity index (χ0n) is 10.3. The molecule has 90 valence electrons. The van der Waals surface area contributed by atoms with Crippen molar-refractivity contribution in [3.05, 3.63) is 24.3 Å². The van der Waals surface area contributed by atoms with Crippen LogP contribution in [0.4, 0.5) is 11.8 Å². The Kier molecular flexibility index (Phi) is 2.85. The molecule has 0 atom stereocenters. The number of anilines is 2. The molecule has 5 heteroatoms. The zero-order chi connectivity index (χ0) is 12.5. The van der Waals surface area contributed by atoms with Crippen LogP contribution in [0.2, 0.25) is 0 Å². The van der Waals surface area contributed by atoms with Gasteiger partial charge in [-0.3, -0.25) is 5.43 Å². The monoisotopic (exact) mass is 231 g/mol. The summed E-state index contributed by atoms with van der Waals surface area (Å²) in [5, 5.41) is 4.34. The van der Waals surface area contributed by atoms with Crippen LogP contribution < -0.4 is 16.6 Å². The summed E-state index contributed by atoms with van der Waals surface area (Å²) in [7, 11) is 0. The maximum absolute atomic E-state index is 5.37. The quantitative estimate of drug-likeness (QED) is 0.545. The molecule has 0 aliphatic rings. The molecule has 1 aromatic heterocycles. The van der Waals surface area contributed by atoms with Gasteiger partial charge in [0.1, 0.15) is 5.82 Å². The third-order valence-corrected chi connectivity index (χ3v) is 2.23. The van der Waals surface area contributed by atoms with Crippen molar-refractivity contribution in [2.75, 3.05) is 10.7 Å². The molecule has 0 radical (unpaired) electrons. The fourth-order valence-corrected chi connectivity index (χ4v) is 1.59. The lowest BCUT2D eigenvalue weighted by molar-refractivity contribution is 0.631. The highest BCUT2D eigenvalue weighted by Crippen LogP contribution is 2.23. The van der Waals surface area contributed by atoms with Crippen molar-refractivity contribution < 1.29 is 0 Å². The molecule has 0 aliphatic heterocycles. The summed E-state index contributed by atoms with van der Waals surface area (Å²) in [5.74, 6) is 6.57. The Morgan fingerprint density at radius 1 is 1.12 bits per heavy atom. The smallest absolute Gasteiger partial charge is 0.239 e. The number of fused-ring (bicyclic) bond motifs is 1. The van der Waals surface area contributed by atoms with Gasteiger partial charge in [0, 0.05) is 10.9 Å². The van der Waals surface area contributed by atoms with Crippen molar-refractivity contribution in [1.29, 1.82) is 0 Å². The van der Waals surface area contributed by atoms with Gasteiger partial charge in [-0.05, 0) is 32.9 Å². The van der Waals surface area contributed by atoms with Crippen LogP contribution in [-0.4, -0.2) is 15.5 Å². The molecule has 0 fully saturated rings. The van der Waals surface area contributed by atoms with Crippen molar-refractivity contribution >= 4 is 22.7 Å². The van der Waals surface area contributed by atoms with Gasteiger partial charge in [-0.25, -0.2) is 10.8 Å². The minimum Gasteiger partial charge on any atom is -0.365 e. The number of hydrogen-bond donors (Lipinski definition) is 3. The van der Waals surface area contributed by atoms with Crippen molar-refractivity contribution in [3.63, 3.8) is 0 Å². The number of nitrogen functional groups attached to an aromatic ring is 1. The Bertz CT molecular complexity index is 530. The number of hydrazine groups is 1. The molecule has 1 aromatic carbocycles. The van der Waals surface area contributed by atoms with E-state index in [0.29, 0.717) is 5.95 Å². The average Bonchev–Trinajstić information content (AvgIpc) is 2.26. The maximum atomic E-state index is 5.37. The number of aromatic nitrogens is 2. The van der Waals surface area contributed by atoms with E-state index in [1.165, 1.54) is 0 Å². The molecule has 0 unspecified atom stereocenters. The van der Waals surface area contributed by atoms with Crippen molar-refractivity contribution in [2.45, 2.75) is 26.3 Å². The van der Waals surface area contributed by atoms with E-state index in [-0.39, 0.29) is 5.54 Å². The van der Waals surface area contributed by atoms with E-state index in [1.54, 1.807) is 0 Å². The third kappa shape index (κ3) is 2.62. The van der Waals surface area contributed by atoms with Crippen LogP contribution in [0, 0.1) is 0 Å². The normalized spacial score (nSPS) is 11.5. The molecule has 0 aliphatic carbocycles. The highest BCUT2D eigenvalue weighted by molar-refractivity contribution is 5.90. The van der Waals surface area contributed by atoms with E-state index >= 15 is 0 Å². The topological polar surface area (TPSA) is 75.9 Å². The second-order valence-corrected chi connectivity index (χ2v) is 4.93. The summed E-state index contributed by atoms with van der Waals surface area (Å²) in [6.07, 6.45) is 0. The Balaban J connectivity index is 2.58. The summed E-state index contributed by atoms with van der Waals surface area (Å²) < 4.78 is 0. The predicted octanol–water partition coefficient (Wildman–Crippen LogP) is 2.13. The third-order valence-electron chi connectivity index (χ3n) is 2.23. The van der Waals surface area contributed by atoms with Crippen LogP contribution in [0.3, 0.4) is 0 Å². The van der Waals surface area contributed by atoms with Gasteiger partial charge >= 0.3 is 0 Å². The van der Waals surface area contributed by atoms with Gasteiger partial charge < -0.3 is 5.32 Å². The number of nitrogens with two attached hydrogens (primary N) is 1. The van der Waals surface area contributed by atoms with E-state index in [1.807, 2.05) is 24.3 Å². The summed E-state index contributed by atoms with van der Waals surface area (Å²) in [5.41, 5.74) is 3.28. The fraction of sp³-hybridized carbons (Fsp3) is 0.333. The molecule has 4 N–H and O–H groups in total. The van der Waals surface area contributed by atoms with Gasteiger partial charge in [-0.2, -0.15) is 4.98 Å². The van der Waals surface area contributed by atoms with Gasteiger partial charge in [0.25, 0.3) is 0 Å². The lowest BCUT2D eigenvalue weighted by Gasteiger charge is -2.22. The van der Waals surface area contributed by atoms with Gasteiger partial charge in [0.05, 0.1) is 5.52 Å². The van der Waals surface area contributed by atoms with Crippen molar-refractivity contribution in [1.82, 2.24) is 9.97 Å². The lowest BCUT2D eigenvalue weighted by atomic mass is 10.1. The number of nitrogens with one attached hydrogen (secondary N) is 2. The number of para-hydroxylation sites is 1. The molecule has 1 heterocycles. The van der Waals surface area contributed by atoms with Crippen molar-refractivity contribution in [3.8, 4) is 0 Å². The Hall–Kier alpha value is -1.88. The Morgan fingerprint density at radius 3 is 2.47 bits per heavy atom. The predicted molar refractivity (Wildman–Crippen MR) is 70.7 cm³/mol. The minimum absolute atomic E-state index is 0.0665. The largest absolute Gasteiger partial charge is 0.365 e. The van der Waals surface area contributed by atoms with Gasteiger partial charge in [0.2, 0.25) is 5.95 Å². The van der Waals surface area contributed by atoms with Gasteiger partial charge in [-0.1, -0.05) is 12.1 Å². The van der Waals surface area contributed by atoms with E-state index < -0.39 is 0 Å². The molecule has 2 rings (SSSR count). The fourth-order valence-electron chi connectivity index (χ4n) is 1.59. The molecule has 0 bridgehead atoms. The number of rotatable bonds is 2. The summed E-state index contributed by atoms with van der Waals surface area (Å²) in [6.45, 7) is 6.25. The average molecular weight is 231 g/mol. The summed E-state index contributed by atoms with van der Waals surface area (Å²) in [6, 6.07) is 7.83. The molecule has 0 saturated heterocycles. The molecule has 0 spiro atoms. The first-order chi connectivity index (χ1) is 7.99. The molecule has 17 heavy (non-hydrogen) atoms. The SMILES string of the molecule is CC(C)(C)Nc1nc(NN)nc2ccccc12. The van der Waals surface area contributed by atoms with Crippen LogP contribution in [0.5, 0.6) is 0 Å². The minimum atomic E-state index is -0.0665. The van der Waals surface area contributed by atoms with E-state index in [0.717, 1.165) is 16.7 Å². The van der Waals surface area contributed by atoms with Gasteiger partial charge in [-0.15, -0.1) is 0 Å². The van der Waals surface area contributed by atoms with E-state index in [4.69, 9.17) is 5.84 Å². The standard InChI is InChI=1S/C12H17N5/c1-12(2,3)16-10-8-6-4-5-7-9(8)14-11(15-10)17-13/h4-7H,13H2,1-3H3,(H2,14,15,16,17). The lowest BCUT2D eigenvalue weighted by Crippen LogP contribution is -2.27. The van der Waals surface area contributed by atoms with Crippen molar-refractivity contribution in [2.24, 2.45) is 5.84 Å². The Morgan fingerprint density at radius 2 is 1.82 bits per heavy atom. The first-order valence-electron chi connectivity index (χ1n) is 5.51. The molecule has 5 nitrogen and oxygen atoms in total. The summed E-state index contributed by atoms with van der Waals surface area (Å²) in [4.78, 5) is 8.64. The molecule has 0 amide bonds. The van der Waals surface area contributed by atoms with Crippen LogP contribution in [0.25, 0.3) is 10.9 Å². The van der Waals surface area contributed by atoms with Crippen LogP contribution in [0.1, 0.15) is 20.8 Å². The van der Waals surface area contributed by atoms with Crippen LogP contribution in [-0.2, 0) is 0 Å². The van der Waals surface area contributed by atoms with Crippen LogP contribution in [0.15, 0.2) is 24.3 Å². The second-order valence-electron chi connectivity index (χ2n) is 4.93. The number of hydrogen-bond acceptors (Lipinski definition) is 5. The van der Waals surface area contributed by atoms with Crippen LogP contribution >= 0.6 is 0 Å². The first kappa shape index (κ1) is 11.6. The molecule has 2 aromatic rings. The highest BCUT2D eigenvalue weighted by Gasteiger charge is 2.14. The summed E-state index contributed by atoms with van der Waals surface area (Å²) >= 11 is 0. The molecule has 0 saturated carbocycles. The maximum Gasteiger partial charge on any atom is 0.239 e. The second kappa shape index (κ2) is 4.18. The number of benzene rings is 1. The van der Waals surface area contributed by atoms with E-state index in [2.05, 4.69) is 41.5 Å².